The third kappa shape index (κ3) is 2.87. The van der Waals surface area contributed by atoms with Gasteiger partial charge in [-0.3, -0.25) is 0 Å². The molecule has 0 aliphatic carbocycles. The Bertz CT molecular complexity index is 416. The molecule has 0 radical (unpaired) electrons. The summed E-state index contributed by atoms with van der Waals surface area (Å²) in [6, 6.07) is 0. The van der Waals surface area contributed by atoms with Crippen LogP contribution in [-0.2, 0) is 4.74 Å². The Morgan fingerprint density at radius 2 is 1.88 bits per heavy atom. The third-order valence-electron chi connectivity index (χ3n) is 3.21. The quantitative estimate of drug-likeness (QED) is 0.826. The third-order valence-corrected chi connectivity index (χ3v) is 3.58. The first-order valence-electron chi connectivity index (χ1n) is 5.87. The molecule has 0 aromatic carbocycles. The van der Waals surface area contributed by atoms with E-state index < -0.39 is 0 Å². The predicted octanol–water partition coefficient (Wildman–Crippen LogP) is 2.73. The first-order valence-corrected chi connectivity index (χ1v) is 6.25. The maximum Gasteiger partial charge on any atom is 0.137 e. The van der Waals surface area contributed by atoms with E-state index in [1.807, 2.05) is 13.8 Å². The maximum atomic E-state index is 6.07. The van der Waals surface area contributed by atoms with Gasteiger partial charge in [-0.1, -0.05) is 11.6 Å². The molecule has 0 amide bonds. The summed E-state index contributed by atoms with van der Waals surface area (Å²) in [6.07, 6.45) is 1.96. The summed E-state index contributed by atoms with van der Waals surface area (Å²) in [4.78, 5) is 8.56. The number of nitrogens with one attached hydrogen (secondary N) is 1. The van der Waals surface area contributed by atoms with Crippen molar-refractivity contribution >= 4 is 17.4 Å². The van der Waals surface area contributed by atoms with Gasteiger partial charge in [0.1, 0.15) is 16.8 Å². The average molecular weight is 256 g/mol. The number of halogens is 1. The summed E-state index contributed by atoms with van der Waals surface area (Å²) >= 11 is 6.07. The molecule has 0 bridgehead atoms. The van der Waals surface area contributed by atoms with Crippen molar-refractivity contribution in [2.75, 3.05) is 18.5 Å². The molecule has 1 fully saturated rings. The van der Waals surface area contributed by atoms with Crippen molar-refractivity contribution in [2.24, 2.45) is 0 Å². The Hall–Kier alpha value is -0.870. The van der Waals surface area contributed by atoms with Crippen LogP contribution in [0.5, 0.6) is 0 Å². The van der Waals surface area contributed by atoms with Crippen LogP contribution in [0.15, 0.2) is 0 Å². The van der Waals surface area contributed by atoms with Gasteiger partial charge in [0.2, 0.25) is 0 Å². The van der Waals surface area contributed by atoms with Gasteiger partial charge in [0.05, 0.1) is 0 Å². The fourth-order valence-corrected chi connectivity index (χ4v) is 2.16. The standard InChI is InChI=1S/C12H18ClN3O/c1-8-10(13)14-9(2)15-11(8)16-12(3)4-6-17-7-5-12/h4-7H2,1-3H3,(H,14,15,16). The van der Waals surface area contributed by atoms with Crippen LogP contribution in [0.25, 0.3) is 0 Å². The summed E-state index contributed by atoms with van der Waals surface area (Å²) < 4.78 is 5.38. The molecule has 0 unspecified atom stereocenters. The van der Waals surface area contributed by atoms with Gasteiger partial charge in [-0.15, -0.1) is 0 Å². The molecule has 1 aromatic heterocycles. The molecule has 1 N–H and O–H groups in total. The van der Waals surface area contributed by atoms with Crippen LogP contribution in [0.1, 0.15) is 31.2 Å². The van der Waals surface area contributed by atoms with Crippen molar-refractivity contribution in [2.45, 2.75) is 39.2 Å². The molecular formula is C12H18ClN3O. The molecule has 1 aromatic rings. The van der Waals surface area contributed by atoms with Gasteiger partial charge in [-0.2, -0.15) is 0 Å². The lowest BCUT2D eigenvalue weighted by atomic mass is 9.92. The second-order valence-corrected chi connectivity index (χ2v) is 5.19. The minimum atomic E-state index is 0.0349. The van der Waals surface area contributed by atoms with E-state index >= 15 is 0 Å². The minimum Gasteiger partial charge on any atom is -0.381 e. The molecule has 0 saturated carbocycles. The highest BCUT2D eigenvalue weighted by Crippen LogP contribution is 2.28. The van der Waals surface area contributed by atoms with E-state index in [0.29, 0.717) is 11.0 Å². The van der Waals surface area contributed by atoms with Crippen molar-refractivity contribution in [1.29, 1.82) is 0 Å². The molecule has 17 heavy (non-hydrogen) atoms. The number of hydrogen-bond donors (Lipinski definition) is 1. The van der Waals surface area contributed by atoms with Crippen molar-refractivity contribution in [3.05, 3.63) is 16.5 Å². The molecule has 1 saturated heterocycles. The van der Waals surface area contributed by atoms with Gasteiger partial charge in [-0.25, -0.2) is 9.97 Å². The summed E-state index contributed by atoms with van der Waals surface area (Å²) in [6.45, 7) is 7.57. The van der Waals surface area contributed by atoms with E-state index in [9.17, 15) is 0 Å². The minimum absolute atomic E-state index is 0.0349. The SMILES string of the molecule is Cc1nc(Cl)c(C)c(NC2(C)CCOCC2)n1. The molecule has 1 aliphatic rings. The van der Waals surface area contributed by atoms with Gasteiger partial charge in [-0.05, 0) is 33.6 Å². The fourth-order valence-electron chi connectivity index (χ4n) is 1.95. The highest BCUT2D eigenvalue weighted by molar-refractivity contribution is 6.30. The molecule has 5 heteroatoms. The zero-order chi connectivity index (χ0) is 12.5. The van der Waals surface area contributed by atoms with Crippen molar-refractivity contribution in [1.82, 2.24) is 9.97 Å². The fraction of sp³-hybridized carbons (Fsp3) is 0.667. The highest BCUT2D eigenvalue weighted by Gasteiger charge is 2.28. The smallest absolute Gasteiger partial charge is 0.137 e. The zero-order valence-corrected chi connectivity index (χ0v) is 11.3. The van der Waals surface area contributed by atoms with Crippen molar-refractivity contribution in [3.8, 4) is 0 Å². The highest BCUT2D eigenvalue weighted by atomic mass is 35.5. The monoisotopic (exact) mass is 255 g/mol. The van der Waals surface area contributed by atoms with E-state index in [0.717, 1.165) is 37.4 Å². The lowest BCUT2D eigenvalue weighted by molar-refractivity contribution is 0.0657. The molecule has 2 rings (SSSR count). The lowest BCUT2D eigenvalue weighted by Gasteiger charge is -2.35. The Labute approximate surface area is 107 Å². The number of nitrogens with zero attached hydrogens (tertiary/aromatic N) is 2. The number of anilines is 1. The second-order valence-electron chi connectivity index (χ2n) is 4.83. The molecule has 1 aliphatic heterocycles. The first kappa shape index (κ1) is 12.6. The summed E-state index contributed by atoms with van der Waals surface area (Å²) in [5.74, 6) is 1.53. The van der Waals surface area contributed by atoms with Gasteiger partial charge < -0.3 is 10.1 Å². The topological polar surface area (TPSA) is 47.0 Å². The molecule has 4 nitrogen and oxygen atoms in total. The van der Waals surface area contributed by atoms with E-state index in [2.05, 4.69) is 22.2 Å². The van der Waals surface area contributed by atoms with E-state index in [4.69, 9.17) is 16.3 Å². The number of aryl methyl sites for hydroxylation is 1. The number of hydrogen-bond acceptors (Lipinski definition) is 4. The van der Waals surface area contributed by atoms with Crippen LogP contribution < -0.4 is 5.32 Å². The van der Waals surface area contributed by atoms with Gasteiger partial charge in [0.25, 0.3) is 0 Å². The first-order chi connectivity index (χ1) is 8.00. The van der Waals surface area contributed by atoms with E-state index in [1.165, 1.54) is 0 Å². The Morgan fingerprint density at radius 3 is 2.53 bits per heavy atom. The number of ether oxygens (including phenoxy) is 1. The molecule has 0 atom stereocenters. The number of aromatic nitrogens is 2. The molecule has 0 spiro atoms. The summed E-state index contributed by atoms with van der Waals surface area (Å²) in [5, 5.41) is 4.02. The van der Waals surface area contributed by atoms with E-state index in [1.54, 1.807) is 0 Å². The maximum absolute atomic E-state index is 6.07. The van der Waals surface area contributed by atoms with E-state index in [-0.39, 0.29) is 5.54 Å². The Kier molecular flexibility index (Phi) is 3.54. The average Bonchev–Trinajstić information content (AvgIpc) is 2.26. The number of rotatable bonds is 2. The second kappa shape index (κ2) is 4.78. The summed E-state index contributed by atoms with van der Waals surface area (Å²) in [7, 11) is 0. The van der Waals surface area contributed by atoms with Crippen LogP contribution in [0.4, 0.5) is 5.82 Å². The zero-order valence-electron chi connectivity index (χ0n) is 10.5. The van der Waals surface area contributed by atoms with Crippen LogP contribution in [-0.4, -0.2) is 28.7 Å². The van der Waals surface area contributed by atoms with Gasteiger partial charge in [0, 0.05) is 24.3 Å². The van der Waals surface area contributed by atoms with Crippen molar-refractivity contribution in [3.63, 3.8) is 0 Å². The van der Waals surface area contributed by atoms with Crippen LogP contribution in [0, 0.1) is 13.8 Å². The Morgan fingerprint density at radius 1 is 1.24 bits per heavy atom. The van der Waals surface area contributed by atoms with Crippen LogP contribution in [0.3, 0.4) is 0 Å². The predicted molar refractivity (Wildman–Crippen MR) is 68.6 cm³/mol. The molecular weight excluding hydrogens is 238 g/mol. The normalized spacial score (nSPS) is 19.1. The lowest BCUT2D eigenvalue weighted by Crippen LogP contribution is -2.41. The molecule has 2 heterocycles. The Balaban J connectivity index is 2.23. The van der Waals surface area contributed by atoms with Gasteiger partial charge >= 0.3 is 0 Å². The van der Waals surface area contributed by atoms with Crippen molar-refractivity contribution < 1.29 is 4.74 Å². The largest absolute Gasteiger partial charge is 0.381 e. The van der Waals surface area contributed by atoms with Crippen LogP contribution >= 0.6 is 11.6 Å². The molecule has 94 valence electrons. The van der Waals surface area contributed by atoms with Crippen LogP contribution in [0.2, 0.25) is 5.15 Å². The summed E-state index contributed by atoms with van der Waals surface area (Å²) in [5.41, 5.74) is 0.942. The van der Waals surface area contributed by atoms with Gasteiger partial charge in [0.15, 0.2) is 0 Å².